The summed E-state index contributed by atoms with van der Waals surface area (Å²) in [6.07, 6.45) is 6.19. The van der Waals surface area contributed by atoms with Gasteiger partial charge in [-0.2, -0.15) is 0 Å². The molecule has 0 bridgehead atoms. The van der Waals surface area contributed by atoms with Crippen molar-refractivity contribution in [3.63, 3.8) is 0 Å². The van der Waals surface area contributed by atoms with Gasteiger partial charge >= 0.3 is 0 Å². The van der Waals surface area contributed by atoms with Crippen LogP contribution < -0.4 is 5.32 Å². The number of likely N-dealkylation sites (tertiary alicyclic amines) is 1. The molecule has 0 radical (unpaired) electrons. The van der Waals surface area contributed by atoms with Gasteiger partial charge in [0.25, 0.3) is 5.91 Å². The van der Waals surface area contributed by atoms with Gasteiger partial charge in [0.05, 0.1) is 16.7 Å². The second-order valence-corrected chi connectivity index (χ2v) is 8.16. The van der Waals surface area contributed by atoms with E-state index in [1.54, 1.807) is 11.3 Å². The third kappa shape index (κ3) is 4.31. The van der Waals surface area contributed by atoms with Crippen LogP contribution in [0.2, 0.25) is 0 Å². The average Bonchev–Trinajstić information content (AvgIpc) is 3.36. The number of rotatable bonds is 5. The number of ether oxygens (including phenoxy) is 1. The number of pyridine rings is 1. The molecule has 0 unspecified atom stereocenters. The Labute approximate surface area is 158 Å². The first-order valence-electron chi connectivity index (χ1n) is 9.42. The summed E-state index contributed by atoms with van der Waals surface area (Å²) in [6.45, 7) is 3.71. The predicted molar refractivity (Wildman–Crippen MR) is 102 cm³/mol. The van der Waals surface area contributed by atoms with Crippen LogP contribution in [0, 0.1) is 0 Å². The maximum absolute atomic E-state index is 12.5. The minimum atomic E-state index is 0.0578. The lowest BCUT2D eigenvalue weighted by Gasteiger charge is -2.32. The standard InChI is InChI=1S/C20H25N3O2S/c24-20(19-7-6-18(26-19)17-5-3-13-25-17)22-15-8-11-23(12-9-15)14-16-4-1-2-10-21-16/h1-2,4,6-7,10,15,17H,3,5,8-9,11-14H2,(H,22,24)/t17-/m1/s1. The molecule has 4 heterocycles. The molecule has 2 aliphatic heterocycles. The molecule has 26 heavy (non-hydrogen) atoms. The van der Waals surface area contributed by atoms with Crippen LogP contribution in [0.3, 0.4) is 0 Å². The molecule has 0 saturated carbocycles. The maximum atomic E-state index is 12.5. The molecule has 2 aliphatic rings. The molecule has 1 atom stereocenters. The summed E-state index contributed by atoms with van der Waals surface area (Å²) in [7, 11) is 0. The quantitative estimate of drug-likeness (QED) is 0.875. The van der Waals surface area contributed by atoms with Gasteiger partial charge in [-0.15, -0.1) is 11.3 Å². The van der Waals surface area contributed by atoms with Gasteiger partial charge in [-0.3, -0.25) is 14.7 Å². The van der Waals surface area contributed by atoms with Gasteiger partial charge in [-0.25, -0.2) is 0 Å². The van der Waals surface area contributed by atoms with Crippen molar-refractivity contribution in [2.75, 3.05) is 19.7 Å². The van der Waals surface area contributed by atoms with Crippen LogP contribution >= 0.6 is 11.3 Å². The Balaban J connectivity index is 1.25. The summed E-state index contributed by atoms with van der Waals surface area (Å²) in [4.78, 5) is 21.3. The molecule has 4 rings (SSSR count). The third-order valence-corrected chi connectivity index (χ3v) is 6.31. The summed E-state index contributed by atoms with van der Waals surface area (Å²) >= 11 is 1.57. The van der Waals surface area contributed by atoms with Crippen LogP contribution in [0.15, 0.2) is 36.5 Å². The zero-order chi connectivity index (χ0) is 17.8. The van der Waals surface area contributed by atoms with E-state index in [4.69, 9.17) is 4.74 Å². The van der Waals surface area contributed by atoms with E-state index in [9.17, 15) is 4.79 Å². The Hall–Kier alpha value is -1.76. The number of carbonyl (C=O) groups is 1. The van der Waals surface area contributed by atoms with Gasteiger partial charge in [-0.05, 0) is 49.9 Å². The first kappa shape index (κ1) is 17.6. The molecule has 2 saturated heterocycles. The van der Waals surface area contributed by atoms with E-state index in [0.717, 1.165) is 62.5 Å². The van der Waals surface area contributed by atoms with Crippen LogP contribution in [-0.4, -0.2) is 41.5 Å². The zero-order valence-corrected chi connectivity index (χ0v) is 15.7. The van der Waals surface area contributed by atoms with Gasteiger partial charge < -0.3 is 10.1 Å². The SMILES string of the molecule is O=C(NC1CCN(Cc2ccccn2)CC1)c1ccc([C@H]2CCCO2)s1. The minimum absolute atomic E-state index is 0.0578. The van der Waals surface area contributed by atoms with E-state index in [0.29, 0.717) is 0 Å². The molecule has 0 spiro atoms. The molecule has 5 nitrogen and oxygen atoms in total. The fraction of sp³-hybridized carbons (Fsp3) is 0.500. The van der Waals surface area contributed by atoms with Crippen molar-refractivity contribution in [1.82, 2.24) is 15.2 Å². The Kier molecular flexibility index (Phi) is 5.62. The molecule has 0 aliphatic carbocycles. The highest BCUT2D eigenvalue weighted by molar-refractivity contribution is 7.14. The third-order valence-electron chi connectivity index (χ3n) is 5.13. The van der Waals surface area contributed by atoms with Crippen molar-refractivity contribution in [3.8, 4) is 0 Å². The zero-order valence-electron chi connectivity index (χ0n) is 14.9. The number of carbonyl (C=O) groups excluding carboxylic acids is 1. The number of hydrogen-bond donors (Lipinski definition) is 1. The second kappa shape index (κ2) is 8.29. The molecule has 2 aromatic rings. The Morgan fingerprint density at radius 1 is 1.23 bits per heavy atom. The van der Waals surface area contributed by atoms with Crippen molar-refractivity contribution in [2.45, 2.75) is 44.4 Å². The lowest BCUT2D eigenvalue weighted by Crippen LogP contribution is -2.44. The predicted octanol–water partition coefficient (Wildman–Crippen LogP) is 3.39. The fourth-order valence-corrected chi connectivity index (χ4v) is 4.66. The first-order valence-corrected chi connectivity index (χ1v) is 10.2. The summed E-state index contributed by atoms with van der Waals surface area (Å²) in [5.74, 6) is 0.0578. The highest BCUT2D eigenvalue weighted by Crippen LogP contribution is 2.33. The molecule has 1 amide bonds. The largest absolute Gasteiger partial charge is 0.373 e. The molecule has 2 aromatic heterocycles. The number of nitrogens with zero attached hydrogens (tertiary/aromatic N) is 2. The van der Waals surface area contributed by atoms with Gasteiger partial charge in [0.2, 0.25) is 0 Å². The number of nitrogens with one attached hydrogen (secondary N) is 1. The van der Waals surface area contributed by atoms with Crippen LogP contribution in [0.5, 0.6) is 0 Å². The minimum Gasteiger partial charge on any atom is -0.373 e. The fourth-order valence-electron chi connectivity index (χ4n) is 3.66. The average molecular weight is 372 g/mol. The van der Waals surface area contributed by atoms with E-state index in [1.807, 2.05) is 30.5 Å². The highest BCUT2D eigenvalue weighted by atomic mass is 32.1. The van der Waals surface area contributed by atoms with Crippen molar-refractivity contribution in [3.05, 3.63) is 52.0 Å². The lowest BCUT2D eigenvalue weighted by atomic mass is 10.0. The van der Waals surface area contributed by atoms with Crippen LogP contribution in [0.1, 0.15) is 52.0 Å². The van der Waals surface area contributed by atoms with Crippen LogP contribution in [-0.2, 0) is 11.3 Å². The molecule has 1 N–H and O–H groups in total. The number of piperidine rings is 1. The first-order chi connectivity index (χ1) is 12.8. The summed E-state index contributed by atoms with van der Waals surface area (Å²) in [6, 6.07) is 10.3. The van der Waals surface area contributed by atoms with Gasteiger partial charge in [0, 0.05) is 43.4 Å². The Morgan fingerprint density at radius 3 is 2.85 bits per heavy atom. The number of aromatic nitrogens is 1. The lowest BCUT2D eigenvalue weighted by molar-refractivity contribution is 0.0912. The van der Waals surface area contributed by atoms with Crippen molar-refractivity contribution in [1.29, 1.82) is 0 Å². The van der Waals surface area contributed by atoms with Gasteiger partial charge in [0.1, 0.15) is 0 Å². The molecular formula is C20H25N3O2S. The number of amides is 1. The Morgan fingerprint density at radius 2 is 2.12 bits per heavy atom. The van der Waals surface area contributed by atoms with Gasteiger partial charge in [-0.1, -0.05) is 6.07 Å². The normalized spacial score (nSPS) is 21.8. The van der Waals surface area contributed by atoms with Crippen molar-refractivity contribution >= 4 is 17.2 Å². The molecular weight excluding hydrogens is 346 g/mol. The van der Waals surface area contributed by atoms with Crippen LogP contribution in [0.25, 0.3) is 0 Å². The Bertz CT molecular complexity index is 720. The molecule has 6 heteroatoms. The van der Waals surface area contributed by atoms with E-state index in [1.165, 1.54) is 4.88 Å². The van der Waals surface area contributed by atoms with E-state index in [2.05, 4.69) is 21.3 Å². The molecule has 2 fully saturated rings. The van der Waals surface area contributed by atoms with Gasteiger partial charge in [0.15, 0.2) is 0 Å². The maximum Gasteiger partial charge on any atom is 0.261 e. The van der Waals surface area contributed by atoms with Crippen molar-refractivity contribution in [2.24, 2.45) is 0 Å². The topological polar surface area (TPSA) is 54.5 Å². The van der Waals surface area contributed by atoms with Crippen LogP contribution in [0.4, 0.5) is 0 Å². The smallest absolute Gasteiger partial charge is 0.261 e. The number of hydrogen-bond acceptors (Lipinski definition) is 5. The molecule has 0 aromatic carbocycles. The number of thiophene rings is 1. The van der Waals surface area contributed by atoms with E-state index < -0.39 is 0 Å². The molecule has 138 valence electrons. The summed E-state index contributed by atoms with van der Waals surface area (Å²) in [5, 5.41) is 3.21. The summed E-state index contributed by atoms with van der Waals surface area (Å²) < 4.78 is 5.71. The highest BCUT2D eigenvalue weighted by Gasteiger charge is 2.24. The monoisotopic (exact) mass is 371 g/mol. The van der Waals surface area contributed by atoms with Crippen molar-refractivity contribution < 1.29 is 9.53 Å². The van der Waals surface area contributed by atoms with E-state index in [-0.39, 0.29) is 18.1 Å². The van der Waals surface area contributed by atoms with E-state index >= 15 is 0 Å². The summed E-state index contributed by atoms with van der Waals surface area (Å²) in [5.41, 5.74) is 1.11. The second-order valence-electron chi connectivity index (χ2n) is 7.05.